The molecule has 1 aromatic rings. The van der Waals surface area contributed by atoms with Gasteiger partial charge in [0.05, 0.1) is 17.2 Å². The van der Waals surface area contributed by atoms with Crippen LogP contribution in [0.1, 0.15) is 17.3 Å². The number of hydrogen-bond acceptors (Lipinski definition) is 5. The summed E-state index contributed by atoms with van der Waals surface area (Å²) in [6, 6.07) is 5.68. The predicted octanol–water partition coefficient (Wildman–Crippen LogP) is 2.14. The Balaban J connectivity index is 2.48. The van der Waals surface area contributed by atoms with E-state index in [9.17, 15) is 22.8 Å². The SMILES string of the molecule is CCOC(=O)[C@@](NC(=O)c1ccccc1Cl)(N1CCN(C)CC1)C(F)(F)F. The topological polar surface area (TPSA) is 61.9 Å². The van der Waals surface area contributed by atoms with Gasteiger partial charge in [0, 0.05) is 26.2 Å². The van der Waals surface area contributed by atoms with E-state index in [0.717, 1.165) is 4.90 Å². The molecule has 27 heavy (non-hydrogen) atoms. The van der Waals surface area contributed by atoms with Crippen LogP contribution in [0.5, 0.6) is 0 Å². The predicted molar refractivity (Wildman–Crippen MR) is 93.4 cm³/mol. The van der Waals surface area contributed by atoms with E-state index >= 15 is 0 Å². The second kappa shape index (κ2) is 8.45. The number of esters is 1. The molecule has 0 aromatic heterocycles. The van der Waals surface area contributed by atoms with Crippen LogP contribution in [0.25, 0.3) is 0 Å². The number of halogens is 4. The van der Waals surface area contributed by atoms with Gasteiger partial charge in [-0.25, -0.2) is 4.79 Å². The third-order valence-corrected chi connectivity index (χ3v) is 4.70. The Hall–Kier alpha value is -1.84. The van der Waals surface area contributed by atoms with Gasteiger partial charge in [0.2, 0.25) is 0 Å². The van der Waals surface area contributed by atoms with Crippen LogP contribution >= 0.6 is 11.6 Å². The smallest absolute Gasteiger partial charge is 0.436 e. The number of amides is 1. The standard InChI is InChI=1S/C17H21ClF3N3O3/c1-3-27-15(26)16(17(19,20)21,24-10-8-23(2)9-11-24)22-14(25)12-6-4-5-7-13(12)18/h4-7H,3,8-11H2,1-2H3,(H,22,25)/t16-/m1/s1. The molecule has 1 amide bonds. The zero-order valence-corrected chi connectivity index (χ0v) is 15.7. The van der Waals surface area contributed by atoms with Crippen molar-refractivity contribution in [3.05, 3.63) is 34.9 Å². The van der Waals surface area contributed by atoms with Gasteiger partial charge in [0.1, 0.15) is 0 Å². The van der Waals surface area contributed by atoms with Crippen molar-refractivity contribution in [3.63, 3.8) is 0 Å². The molecule has 1 N–H and O–H groups in total. The minimum Gasteiger partial charge on any atom is -0.463 e. The van der Waals surface area contributed by atoms with E-state index in [2.05, 4.69) is 0 Å². The van der Waals surface area contributed by atoms with Crippen molar-refractivity contribution in [2.45, 2.75) is 18.8 Å². The van der Waals surface area contributed by atoms with E-state index in [1.165, 1.54) is 25.1 Å². The van der Waals surface area contributed by atoms with Gasteiger partial charge >= 0.3 is 12.1 Å². The first kappa shape index (κ1) is 21.5. The van der Waals surface area contributed by atoms with Crippen LogP contribution < -0.4 is 5.32 Å². The second-order valence-electron chi connectivity index (χ2n) is 6.15. The van der Waals surface area contributed by atoms with E-state index in [-0.39, 0.29) is 30.3 Å². The fourth-order valence-corrected chi connectivity index (χ4v) is 3.10. The summed E-state index contributed by atoms with van der Waals surface area (Å²) in [6.45, 7) is 1.61. The largest absolute Gasteiger partial charge is 0.463 e. The highest BCUT2D eigenvalue weighted by atomic mass is 35.5. The fraction of sp³-hybridized carbons (Fsp3) is 0.529. The van der Waals surface area contributed by atoms with Gasteiger partial charge in [-0.15, -0.1) is 0 Å². The Kier molecular flexibility index (Phi) is 6.72. The molecular formula is C17H21ClF3N3O3. The van der Waals surface area contributed by atoms with Crippen LogP contribution in [0, 0.1) is 0 Å². The summed E-state index contributed by atoms with van der Waals surface area (Å²) in [5.74, 6) is -2.67. The Bertz CT molecular complexity index is 693. The molecule has 1 atom stereocenters. The second-order valence-corrected chi connectivity index (χ2v) is 6.56. The zero-order chi connectivity index (χ0) is 20.2. The number of nitrogens with one attached hydrogen (secondary N) is 1. The Labute approximate surface area is 160 Å². The molecule has 10 heteroatoms. The number of benzene rings is 1. The van der Waals surface area contributed by atoms with Crippen molar-refractivity contribution in [1.29, 1.82) is 0 Å². The first-order chi connectivity index (χ1) is 12.6. The van der Waals surface area contributed by atoms with Gasteiger partial charge in [-0.1, -0.05) is 23.7 Å². The summed E-state index contributed by atoms with van der Waals surface area (Å²) in [5, 5.41) is 1.86. The van der Waals surface area contributed by atoms with Crippen LogP contribution in [-0.2, 0) is 9.53 Å². The number of nitrogens with zero attached hydrogens (tertiary/aromatic N) is 2. The average molecular weight is 408 g/mol. The Morgan fingerprint density at radius 2 is 1.78 bits per heavy atom. The number of alkyl halides is 3. The van der Waals surface area contributed by atoms with Gasteiger partial charge in [-0.3, -0.25) is 9.69 Å². The van der Waals surface area contributed by atoms with Crippen LogP contribution in [-0.4, -0.2) is 73.3 Å². The summed E-state index contributed by atoms with van der Waals surface area (Å²) in [4.78, 5) is 27.8. The first-order valence-electron chi connectivity index (χ1n) is 8.38. The lowest BCUT2D eigenvalue weighted by Gasteiger charge is -2.45. The van der Waals surface area contributed by atoms with Crippen molar-refractivity contribution in [3.8, 4) is 0 Å². The molecule has 1 saturated heterocycles. The molecule has 1 fully saturated rings. The fourth-order valence-electron chi connectivity index (χ4n) is 2.88. The maximum Gasteiger partial charge on any atom is 0.436 e. The highest BCUT2D eigenvalue weighted by molar-refractivity contribution is 6.33. The van der Waals surface area contributed by atoms with Gasteiger partial charge in [0.15, 0.2) is 0 Å². The molecule has 0 spiro atoms. The molecule has 6 nitrogen and oxygen atoms in total. The number of likely N-dealkylation sites (N-methyl/N-ethyl adjacent to an activating group) is 1. The maximum absolute atomic E-state index is 14.2. The number of hydrogen-bond donors (Lipinski definition) is 1. The van der Waals surface area contributed by atoms with E-state index in [1.54, 1.807) is 13.1 Å². The van der Waals surface area contributed by atoms with E-state index < -0.39 is 23.7 Å². The van der Waals surface area contributed by atoms with Crippen LogP contribution in [0.15, 0.2) is 24.3 Å². The molecule has 150 valence electrons. The lowest BCUT2D eigenvalue weighted by atomic mass is 10.0. The molecule has 1 aliphatic heterocycles. The van der Waals surface area contributed by atoms with Crippen LogP contribution in [0.4, 0.5) is 13.2 Å². The Morgan fingerprint density at radius 1 is 1.19 bits per heavy atom. The zero-order valence-electron chi connectivity index (χ0n) is 15.0. The third kappa shape index (κ3) is 4.36. The Morgan fingerprint density at radius 3 is 2.30 bits per heavy atom. The number of carbonyl (C=O) groups excluding carboxylic acids is 2. The van der Waals surface area contributed by atoms with E-state index in [1.807, 2.05) is 10.2 Å². The molecule has 1 aromatic carbocycles. The molecule has 0 radical (unpaired) electrons. The highest BCUT2D eigenvalue weighted by Gasteiger charge is 2.66. The average Bonchev–Trinajstić information content (AvgIpc) is 2.59. The van der Waals surface area contributed by atoms with E-state index in [4.69, 9.17) is 16.3 Å². The third-order valence-electron chi connectivity index (χ3n) is 4.37. The lowest BCUT2D eigenvalue weighted by Crippen LogP contribution is -2.75. The summed E-state index contributed by atoms with van der Waals surface area (Å²) in [6.07, 6.45) is -5.11. The van der Waals surface area contributed by atoms with Gasteiger partial charge < -0.3 is 15.0 Å². The van der Waals surface area contributed by atoms with Crippen LogP contribution in [0.3, 0.4) is 0 Å². The van der Waals surface area contributed by atoms with Crippen molar-refractivity contribution in [2.24, 2.45) is 0 Å². The lowest BCUT2D eigenvalue weighted by molar-refractivity contribution is -0.249. The van der Waals surface area contributed by atoms with Crippen molar-refractivity contribution >= 4 is 23.5 Å². The summed E-state index contributed by atoms with van der Waals surface area (Å²) in [5.41, 5.74) is -3.45. The first-order valence-corrected chi connectivity index (χ1v) is 8.76. The monoisotopic (exact) mass is 407 g/mol. The molecular weight excluding hydrogens is 387 g/mol. The van der Waals surface area contributed by atoms with Crippen molar-refractivity contribution < 1.29 is 27.5 Å². The number of rotatable bonds is 5. The van der Waals surface area contributed by atoms with E-state index in [0.29, 0.717) is 13.1 Å². The number of carbonyl (C=O) groups is 2. The molecule has 0 unspecified atom stereocenters. The number of ether oxygens (including phenoxy) is 1. The summed E-state index contributed by atoms with van der Waals surface area (Å²) in [7, 11) is 1.76. The van der Waals surface area contributed by atoms with Gasteiger partial charge in [0.25, 0.3) is 11.6 Å². The highest BCUT2D eigenvalue weighted by Crippen LogP contribution is 2.36. The number of piperazine rings is 1. The quantitative estimate of drug-likeness (QED) is 0.758. The molecule has 1 aliphatic rings. The van der Waals surface area contributed by atoms with Gasteiger partial charge in [-0.2, -0.15) is 13.2 Å². The molecule has 0 aliphatic carbocycles. The molecule has 0 bridgehead atoms. The summed E-state index contributed by atoms with van der Waals surface area (Å²) >= 11 is 5.93. The van der Waals surface area contributed by atoms with Crippen molar-refractivity contribution in [2.75, 3.05) is 39.8 Å². The molecule has 1 heterocycles. The van der Waals surface area contributed by atoms with Crippen molar-refractivity contribution in [1.82, 2.24) is 15.1 Å². The minimum atomic E-state index is -5.11. The normalized spacial score (nSPS) is 18.6. The molecule has 2 rings (SSSR count). The minimum absolute atomic E-state index is 0.0201. The van der Waals surface area contributed by atoms with Crippen LogP contribution in [0.2, 0.25) is 5.02 Å². The summed E-state index contributed by atoms with van der Waals surface area (Å²) < 4.78 is 47.3. The molecule has 0 saturated carbocycles. The van der Waals surface area contributed by atoms with Gasteiger partial charge in [-0.05, 0) is 26.1 Å². The maximum atomic E-state index is 14.2.